The van der Waals surface area contributed by atoms with Crippen molar-refractivity contribution in [1.82, 2.24) is 19.7 Å². The molecule has 0 amide bonds. The van der Waals surface area contributed by atoms with E-state index >= 15 is 0 Å². The first kappa shape index (κ1) is 14.2. The minimum Gasteiger partial charge on any atom is -0.322 e. The van der Waals surface area contributed by atoms with Gasteiger partial charge in [0, 0.05) is 18.8 Å². The maximum Gasteiger partial charge on any atom is 0.125 e. The van der Waals surface area contributed by atoms with E-state index in [0.717, 1.165) is 23.6 Å². The van der Waals surface area contributed by atoms with Gasteiger partial charge in [0.15, 0.2) is 0 Å². The van der Waals surface area contributed by atoms with Gasteiger partial charge in [-0.15, -0.1) is 0 Å². The fraction of sp³-hybridized carbons (Fsp3) is 0.562. The highest BCUT2D eigenvalue weighted by atomic mass is 15.3. The van der Waals surface area contributed by atoms with Gasteiger partial charge in [0.1, 0.15) is 5.82 Å². The standard InChI is InChI=1S/C16H23N5/c1-12-18-9-7-16(19-12)15(17)11-13-8-10-21(20-13)14-5-3-2-4-6-14/h7-10,14-15H,2-6,11,17H2,1H3. The molecule has 0 radical (unpaired) electrons. The first-order valence-electron chi connectivity index (χ1n) is 7.81. The molecule has 0 saturated heterocycles. The average molecular weight is 285 g/mol. The zero-order valence-electron chi connectivity index (χ0n) is 12.6. The van der Waals surface area contributed by atoms with Crippen LogP contribution in [0.1, 0.15) is 61.4 Å². The number of hydrogen-bond donors (Lipinski definition) is 1. The predicted octanol–water partition coefficient (Wildman–Crippen LogP) is 2.73. The fourth-order valence-corrected chi connectivity index (χ4v) is 3.05. The number of aryl methyl sites for hydroxylation is 1. The van der Waals surface area contributed by atoms with Gasteiger partial charge >= 0.3 is 0 Å². The fourth-order valence-electron chi connectivity index (χ4n) is 3.05. The van der Waals surface area contributed by atoms with Crippen LogP contribution in [0.3, 0.4) is 0 Å². The molecular formula is C16H23N5. The molecule has 0 bridgehead atoms. The number of aromatic nitrogens is 4. The van der Waals surface area contributed by atoms with Gasteiger partial charge in [0.25, 0.3) is 0 Å². The molecular weight excluding hydrogens is 262 g/mol. The van der Waals surface area contributed by atoms with Crippen LogP contribution < -0.4 is 5.73 Å². The monoisotopic (exact) mass is 285 g/mol. The Kier molecular flexibility index (Phi) is 4.29. The molecule has 0 spiro atoms. The van der Waals surface area contributed by atoms with Crippen molar-refractivity contribution in [3.8, 4) is 0 Å². The van der Waals surface area contributed by atoms with Crippen molar-refractivity contribution in [1.29, 1.82) is 0 Å². The molecule has 2 aromatic rings. The van der Waals surface area contributed by atoms with Gasteiger partial charge in [-0.2, -0.15) is 5.10 Å². The third kappa shape index (κ3) is 3.47. The van der Waals surface area contributed by atoms with Gasteiger partial charge in [-0.05, 0) is 31.9 Å². The molecule has 1 atom stereocenters. The van der Waals surface area contributed by atoms with Crippen LogP contribution in [-0.4, -0.2) is 19.7 Å². The van der Waals surface area contributed by atoms with Gasteiger partial charge < -0.3 is 5.73 Å². The maximum absolute atomic E-state index is 6.24. The van der Waals surface area contributed by atoms with Crippen LogP contribution in [0.25, 0.3) is 0 Å². The van der Waals surface area contributed by atoms with Crippen molar-refractivity contribution >= 4 is 0 Å². The normalized spacial score (nSPS) is 17.8. The van der Waals surface area contributed by atoms with Crippen LogP contribution in [0.5, 0.6) is 0 Å². The molecule has 21 heavy (non-hydrogen) atoms. The van der Waals surface area contributed by atoms with Gasteiger partial charge in [-0.1, -0.05) is 19.3 Å². The van der Waals surface area contributed by atoms with E-state index in [-0.39, 0.29) is 6.04 Å². The summed E-state index contributed by atoms with van der Waals surface area (Å²) in [5.74, 6) is 0.760. The van der Waals surface area contributed by atoms with Gasteiger partial charge in [0.2, 0.25) is 0 Å². The van der Waals surface area contributed by atoms with Gasteiger partial charge in [-0.25, -0.2) is 9.97 Å². The van der Waals surface area contributed by atoms with Crippen LogP contribution in [0.2, 0.25) is 0 Å². The second-order valence-electron chi connectivity index (χ2n) is 5.92. The molecule has 0 aromatic carbocycles. The Balaban J connectivity index is 1.66. The SMILES string of the molecule is Cc1nccc(C(N)Cc2ccn(C3CCCCC3)n2)n1. The Labute approximate surface area is 125 Å². The Morgan fingerprint density at radius 2 is 2.10 bits per heavy atom. The van der Waals surface area contributed by atoms with Crippen LogP contribution in [0.4, 0.5) is 0 Å². The summed E-state index contributed by atoms with van der Waals surface area (Å²) in [5.41, 5.74) is 8.17. The highest BCUT2D eigenvalue weighted by Crippen LogP contribution is 2.27. The summed E-state index contributed by atoms with van der Waals surface area (Å²) in [5, 5.41) is 4.72. The van der Waals surface area contributed by atoms with E-state index in [1.54, 1.807) is 6.20 Å². The topological polar surface area (TPSA) is 69.6 Å². The van der Waals surface area contributed by atoms with Gasteiger partial charge in [-0.3, -0.25) is 4.68 Å². The van der Waals surface area contributed by atoms with Crippen molar-refractivity contribution in [3.05, 3.63) is 41.7 Å². The van der Waals surface area contributed by atoms with Crippen LogP contribution >= 0.6 is 0 Å². The zero-order chi connectivity index (χ0) is 14.7. The molecule has 2 N–H and O–H groups in total. The minimum absolute atomic E-state index is 0.124. The van der Waals surface area contributed by atoms with Crippen molar-refractivity contribution < 1.29 is 0 Å². The molecule has 1 fully saturated rings. The lowest BCUT2D eigenvalue weighted by Crippen LogP contribution is -2.17. The summed E-state index contributed by atoms with van der Waals surface area (Å²) in [4.78, 5) is 8.50. The van der Waals surface area contributed by atoms with Crippen LogP contribution in [0.15, 0.2) is 24.5 Å². The number of rotatable bonds is 4. The third-order valence-electron chi connectivity index (χ3n) is 4.22. The molecule has 1 saturated carbocycles. The Morgan fingerprint density at radius 1 is 1.29 bits per heavy atom. The Morgan fingerprint density at radius 3 is 2.86 bits per heavy atom. The summed E-state index contributed by atoms with van der Waals surface area (Å²) < 4.78 is 2.13. The molecule has 5 heteroatoms. The number of hydrogen-bond acceptors (Lipinski definition) is 4. The first-order valence-corrected chi connectivity index (χ1v) is 7.81. The van der Waals surface area contributed by atoms with E-state index in [0.29, 0.717) is 6.04 Å². The largest absolute Gasteiger partial charge is 0.322 e. The van der Waals surface area contributed by atoms with Crippen molar-refractivity contribution in [2.75, 3.05) is 0 Å². The summed E-state index contributed by atoms with van der Waals surface area (Å²) in [7, 11) is 0. The lowest BCUT2D eigenvalue weighted by Gasteiger charge is -2.21. The molecule has 112 valence electrons. The number of nitrogens with zero attached hydrogens (tertiary/aromatic N) is 4. The number of nitrogens with two attached hydrogens (primary N) is 1. The third-order valence-corrected chi connectivity index (χ3v) is 4.22. The smallest absolute Gasteiger partial charge is 0.125 e. The van der Waals surface area contributed by atoms with E-state index < -0.39 is 0 Å². The van der Waals surface area contributed by atoms with E-state index in [9.17, 15) is 0 Å². The summed E-state index contributed by atoms with van der Waals surface area (Å²) >= 11 is 0. The molecule has 3 rings (SSSR count). The molecule has 2 heterocycles. The zero-order valence-corrected chi connectivity index (χ0v) is 12.6. The molecule has 1 aliphatic rings. The quantitative estimate of drug-likeness (QED) is 0.937. The Bertz CT molecular complexity index is 586. The van der Waals surface area contributed by atoms with Crippen molar-refractivity contribution in [2.24, 2.45) is 5.73 Å². The van der Waals surface area contributed by atoms with Gasteiger partial charge in [0.05, 0.1) is 23.5 Å². The lowest BCUT2D eigenvalue weighted by atomic mass is 9.96. The summed E-state index contributed by atoms with van der Waals surface area (Å²) in [6.45, 7) is 1.88. The average Bonchev–Trinajstić information content (AvgIpc) is 2.97. The summed E-state index contributed by atoms with van der Waals surface area (Å²) in [6, 6.07) is 4.42. The van der Waals surface area contributed by atoms with Crippen molar-refractivity contribution in [2.45, 2.75) is 57.5 Å². The molecule has 5 nitrogen and oxygen atoms in total. The molecule has 1 aliphatic carbocycles. The van der Waals surface area contributed by atoms with E-state index in [1.807, 2.05) is 13.0 Å². The van der Waals surface area contributed by atoms with Crippen LogP contribution in [0, 0.1) is 6.92 Å². The predicted molar refractivity (Wildman–Crippen MR) is 81.8 cm³/mol. The molecule has 2 aromatic heterocycles. The first-order chi connectivity index (χ1) is 10.2. The Hall–Kier alpha value is -1.75. The molecule has 0 aliphatic heterocycles. The second kappa shape index (κ2) is 6.35. The molecule has 1 unspecified atom stereocenters. The second-order valence-corrected chi connectivity index (χ2v) is 5.92. The minimum atomic E-state index is -0.124. The van der Waals surface area contributed by atoms with Crippen molar-refractivity contribution in [3.63, 3.8) is 0 Å². The maximum atomic E-state index is 6.24. The summed E-state index contributed by atoms with van der Waals surface area (Å²) in [6.07, 6.45) is 11.1. The van der Waals surface area contributed by atoms with E-state index in [2.05, 4.69) is 26.9 Å². The van der Waals surface area contributed by atoms with Crippen LogP contribution in [-0.2, 0) is 6.42 Å². The van der Waals surface area contributed by atoms with E-state index in [4.69, 9.17) is 10.8 Å². The highest BCUT2D eigenvalue weighted by Gasteiger charge is 2.17. The highest BCUT2D eigenvalue weighted by molar-refractivity contribution is 5.11. The van der Waals surface area contributed by atoms with E-state index in [1.165, 1.54) is 32.1 Å². The lowest BCUT2D eigenvalue weighted by molar-refractivity contribution is 0.328.